The van der Waals surface area contributed by atoms with Crippen molar-refractivity contribution in [2.45, 2.75) is 11.1 Å². The van der Waals surface area contributed by atoms with E-state index in [4.69, 9.17) is 9.84 Å². The molecule has 4 nitrogen and oxygen atoms in total. The first kappa shape index (κ1) is 19.2. The zero-order chi connectivity index (χ0) is 19.3. The Morgan fingerprint density at radius 1 is 0.926 bits per heavy atom. The minimum atomic E-state index is -4.40. The number of hydrogen-bond donors (Lipinski definition) is 1. The maximum absolute atomic E-state index is 12.7. The van der Waals surface area contributed by atoms with Crippen LogP contribution in [0.25, 0.3) is 11.3 Å². The Kier molecular flexibility index (Phi) is 5.98. The van der Waals surface area contributed by atoms with Gasteiger partial charge in [-0.3, -0.25) is 0 Å². The highest BCUT2D eigenvalue weighted by atomic mass is 32.2. The summed E-state index contributed by atoms with van der Waals surface area (Å²) >= 11 is 1.53. The van der Waals surface area contributed by atoms with Crippen molar-refractivity contribution in [2.75, 3.05) is 12.4 Å². The molecule has 0 bridgehead atoms. The van der Waals surface area contributed by atoms with Gasteiger partial charge in [-0.1, -0.05) is 12.1 Å². The highest BCUT2D eigenvalue weighted by Crippen LogP contribution is 2.33. The van der Waals surface area contributed by atoms with Crippen LogP contribution in [0.3, 0.4) is 0 Å². The molecule has 27 heavy (non-hydrogen) atoms. The third-order valence-electron chi connectivity index (χ3n) is 3.55. The second-order valence-corrected chi connectivity index (χ2v) is 6.60. The van der Waals surface area contributed by atoms with E-state index in [1.165, 1.54) is 36.3 Å². The lowest BCUT2D eigenvalue weighted by Crippen LogP contribution is -2.04. The van der Waals surface area contributed by atoms with E-state index in [0.717, 1.165) is 22.6 Å². The number of nitrogens with zero attached hydrogens (tertiary/aromatic N) is 2. The molecule has 3 rings (SSSR count). The molecule has 0 aliphatic carbocycles. The lowest BCUT2D eigenvalue weighted by Gasteiger charge is -2.11. The number of aromatic nitrogens is 2. The van der Waals surface area contributed by atoms with Crippen LogP contribution in [0.5, 0.6) is 11.6 Å². The van der Waals surface area contributed by atoms with Crippen LogP contribution in [0.4, 0.5) is 13.2 Å². The fourth-order valence-corrected chi connectivity index (χ4v) is 2.95. The molecule has 1 heterocycles. The average molecular weight is 392 g/mol. The molecule has 1 N–H and O–H groups in total. The van der Waals surface area contributed by atoms with Gasteiger partial charge in [0.15, 0.2) is 0 Å². The normalized spacial score (nSPS) is 11.4. The molecule has 0 atom stereocenters. The van der Waals surface area contributed by atoms with Crippen LogP contribution in [-0.4, -0.2) is 27.4 Å². The summed E-state index contributed by atoms with van der Waals surface area (Å²) in [5.74, 6) is 1.04. The predicted octanol–water partition coefficient (Wildman–Crippen LogP) is 5.04. The van der Waals surface area contributed by atoms with Gasteiger partial charge < -0.3 is 9.84 Å². The SMILES string of the molecule is OCCSc1ccc(-c2nccnc2Oc2ccc(C(F)(F)F)cc2)cc1. The number of benzene rings is 2. The Morgan fingerprint density at radius 3 is 2.22 bits per heavy atom. The first-order valence-electron chi connectivity index (χ1n) is 7.97. The number of aliphatic hydroxyl groups excluding tert-OH is 1. The molecule has 0 unspecified atom stereocenters. The highest BCUT2D eigenvalue weighted by molar-refractivity contribution is 7.99. The van der Waals surface area contributed by atoms with Gasteiger partial charge in [0.2, 0.25) is 5.88 Å². The Labute approximate surface area is 158 Å². The summed E-state index contributed by atoms with van der Waals surface area (Å²) in [5.41, 5.74) is 0.500. The Balaban J connectivity index is 1.82. The summed E-state index contributed by atoms with van der Waals surface area (Å²) in [6, 6.07) is 11.9. The molecule has 140 valence electrons. The fraction of sp³-hybridized carbons (Fsp3) is 0.158. The third-order valence-corrected chi connectivity index (χ3v) is 4.54. The molecule has 0 amide bonds. The lowest BCUT2D eigenvalue weighted by molar-refractivity contribution is -0.137. The van der Waals surface area contributed by atoms with Gasteiger partial charge >= 0.3 is 6.18 Å². The van der Waals surface area contributed by atoms with Gasteiger partial charge in [-0.2, -0.15) is 13.2 Å². The fourth-order valence-electron chi connectivity index (χ4n) is 2.29. The molecule has 2 aromatic carbocycles. The van der Waals surface area contributed by atoms with Crippen molar-refractivity contribution in [1.82, 2.24) is 9.97 Å². The maximum Gasteiger partial charge on any atom is 0.416 e. The summed E-state index contributed by atoms with van der Waals surface area (Å²) in [4.78, 5) is 9.43. The van der Waals surface area contributed by atoms with Crippen LogP contribution in [-0.2, 0) is 6.18 Å². The average Bonchev–Trinajstić information content (AvgIpc) is 2.67. The molecule has 0 radical (unpaired) electrons. The largest absolute Gasteiger partial charge is 0.437 e. The minimum absolute atomic E-state index is 0.0989. The third kappa shape index (κ3) is 4.99. The van der Waals surface area contributed by atoms with Gasteiger partial charge in [0.25, 0.3) is 0 Å². The number of aliphatic hydroxyl groups is 1. The van der Waals surface area contributed by atoms with Crippen molar-refractivity contribution in [3.05, 3.63) is 66.5 Å². The molecule has 8 heteroatoms. The Morgan fingerprint density at radius 2 is 1.59 bits per heavy atom. The first-order chi connectivity index (χ1) is 13.0. The van der Waals surface area contributed by atoms with Crippen molar-refractivity contribution in [3.8, 4) is 22.9 Å². The molecule has 0 saturated heterocycles. The monoisotopic (exact) mass is 392 g/mol. The molecule has 1 aromatic heterocycles. The van der Waals surface area contributed by atoms with E-state index in [-0.39, 0.29) is 18.2 Å². The number of rotatable bonds is 6. The molecular formula is C19H15F3N2O2S. The van der Waals surface area contributed by atoms with Gasteiger partial charge in [0, 0.05) is 28.6 Å². The van der Waals surface area contributed by atoms with E-state index in [0.29, 0.717) is 11.4 Å². The summed E-state index contributed by atoms with van der Waals surface area (Å²) in [6.45, 7) is 0.0989. The molecule has 0 fully saturated rings. The maximum atomic E-state index is 12.7. The van der Waals surface area contributed by atoms with Crippen molar-refractivity contribution in [3.63, 3.8) is 0 Å². The number of hydrogen-bond acceptors (Lipinski definition) is 5. The number of halogens is 3. The van der Waals surface area contributed by atoms with Crippen molar-refractivity contribution in [1.29, 1.82) is 0 Å². The smallest absolute Gasteiger partial charge is 0.416 e. The van der Waals surface area contributed by atoms with Gasteiger partial charge in [-0.15, -0.1) is 11.8 Å². The summed E-state index contributed by atoms with van der Waals surface area (Å²) < 4.78 is 43.6. The summed E-state index contributed by atoms with van der Waals surface area (Å²) in [5, 5.41) is 8.88. The van der Waals surface area contributed by atoms with Gasteiger partial charge in [0.1, 0.15) is 11.4 Å². The van der Waals surface area contributed by atoms with Crippen LogP contribution >= 0.6 is 11.8 Å². The van der Waals surface area contributed by atoms with Crippen molar-refractivity contribution in [2.24, 2.45) is 0 Å². The highest BCUT2D eigenvalue weighted by Gasteiger charge is 2.30. The van der Waals surface area contributed by atoms with Crippen LogP contribution in [0.2, 0.25) is 0 Å². The molecule has 0 aliphatic heterocycles. The first-order valence-corrected chi connectivity index (χ1v) is 8.96. The van der Waals surface area contributed by atoms with Crippen molar-refractivity contribution < 1.29 is 23.0 Å². The Hall–Kier alpha value is -2.58. The quantitative estimate of drug-likeness (QED) is 0.596. The van der Waals surface area contributed by atoms with E-state index in [1.807, 2.05) is 24.3 Å². The molecule has 0 spiro atoms. The van der Waals surface area contributed by atoms with Crippen LogP contribution in [0.1, 0.15) is 5.56 Å². The molecule has 3 aromatic rings. The summed E-state index contributed by atoms with van der Waals surface area (Å²) in [7, 11) is 0. The van der Waals surface area contributed by atoms with Crippen LogP contribution in [0, 0.1) is 0 Å². The summed E-state index contributed by atoms with van der Waals surface area (Å²) in [6.07, 6.45) is -1.43. The number of ether oxygens (including phenoxy) is 1. The van der Waals surface area contributed by atoms with E-state index >= 15 is 0 Å². The van der Waals surface area contributed by atoms with Gasteiger partial charge in [-0.25, -0.2) is 9.97 Å². The van der Waals surface area contributed by atoms with Crippen LogP contribution < -0.4 is 4.74 Å². The molecule has 0 saturated carbocycles. The second-order valence-electron chi connectivity index (χ2n) is 5.43. The topological polar surface area (TPSA) is 55.2 Å². The van der Waals surface area contributed by atoms with E-state index in [1.54, 1.807) is 0 Å². The van der Waals surface area contributed by atoms with E-state index in [9.17, 15) is 13.2 Å². The second kappa shape index (κ2) is 8.41. The number of thioether (sulfide) groups is 1. The lowest BCUT2D eigenvalue weighted by atomic mass is 10.1. The van der Waals surface area contributed by atoms with Gasteiger partial charge in [-0.05, 0) is 36.4 Å². The molecule has 0 aliphatic rings. The Bertz CT molecular complexity index is 885. The zero-order valence-electron chi connectivity index (χ0n) is 14.0. The van der Waals surface area contributed by atoms with Gasteiger partial charge in [0.05, 0.1) is 12.2 Å². The molecular weight excluding hydrogens is 377 g/mol. The predicted molar refractivity (Wildman–Crippen MR) is 96.8 cm³/mol. The van der Waals surface area contributed by atoms with Crippen molar-refractivity contribution >= 4 is 11.8 Å². The zero-order valence-corrected chi connectivity index (χ0v) is 14.8. The van der Waals surface area contributed by atoms with Crippen LogP contribution in [0.15, 0.2) is 65.8 Å². The number of alkyl halides is 3. The van der Waals surface area contributed by atoms with E-state index < -0.39 is 11.7 Å². The standard InChI is InChI=1S/C19H15F3N2O2S/c20-19(21,22)14-3-5-15(6-4-14)26-18-17(23-9-10-24-18)13-1-7-16(8-2-13)27-12-11-25/h1-10,25H,11-12H2. The minimum Gasteiger partial charge on any atom is -0.437 e. The van der Waals surface area contributed by atoms with E-state index in [2.05, 4.69) is 9.97 Å².